The average Bonchev–Trinajstić information content (AvgIpc) is 3.79. The van der Waals surface area contributed by atoms with Crippen molar-refractivity contribution >= 4 is 59.5 Å². The summed E-state index contributed by atoms with van der Waals surface area (Å²) in [6, 6.07) is 60.5. The van der Waals surface area contributed by atoms with E-state index in [2.05, 4.69) is 177 Å². The molecule has 2 N–H and O–H groups in total. The summed E-state index contributed by atoms with van der Waals surface area (Å²) < 4.78 is 0. The lowest BCUT2D eigenvalue weighted by Gasteiger charge is -2.20. The fourth-order valence-electron chi connectivity index (χ4n) is 10.7. The highest BCUT2D eigenvalue weighted by Crippen LogP contribution is 2.59. The van der Waals surface area contributed by atoms with Crippen LogP contribution in [0, 0.1) is 6.92 Å². The molecular formula is C56H34N2. The van der Waals surface area contributed by atoms with Crippen LogP contribution in [0.25, 0.3) is 132 Å². The van der Waals surface area contributed by atoms with E-state index in [0.29, 0.717) is 0 Å². The van der Waals surface area contributed by atoms with Crippen LogP contribution in [0.1, 0.15) is 5.56 Å². The lowest BCUT2D eigenvalue weighted by atomic mass is 9.83. The van der Waals surface area contributed by atoms with Crippen molar-refractivity contribution in [3.8, 4) is 77.9 Å². The van der Waals surface area contributed by atoms with E-state index in [1.807, 2.05) is 6.20 Å². The van der Waals surface area contributed by atoms with Gasteiger partial charge in [-0.3, -0.25) is 4.98 Å². The monoisotopic (exact) mass is 734 g/mol. The number of pyridine rings is 1. The zero-order valence-corrected chi connectivity index (χ0v) is 31.8. The van der Waals surface area contributed by atoms with Gasteiger partial charge >= 0.3 is 0 Å². The quantitative estimate of drug-likeness (QED) is 0.145. The number of nitrogens with zero attached hydrogens (tertiary/aromatic N) is 1. The minimum atomic E-state index is 0.764. The second-order valence-corrected chi connectivity index (χ2v) is 16.0. The molecule has 0 spiro atoms. The van der Waals surface area contributed by atoms with E-state index in [9.17, 15) is 0 Å². The smallest absolute Gasteiger partial charge is 0.0353 e. The molecule has 58 heavy (non-hydrogen) atoms. The number of fused-ring (bicyclic) bond motifs is 11. The summed E-state index contributed by atoms with van der Waals surface area (Å²) in [5, 5.41) is 12.5. The molecule has 1 aromatic heterocycles. The Bertz CT molecular complexity index is 3530. The number of rotatable bonds is 3. The van der Waals surface area contributed by atoms with Crippen LogP contribution in [-0.4, -0.2) is 4.98 Å². The maximum absolute atomic E-state index is 6.67. The minimum Gasteiger partial charge on any atom is -0.399 e. The van der Waals surface area contributed by atoms with Gasteiger partial charge in [0.05, 0.1) is 0 Å². The first-order chi connectivity index (χ1) is 28.6. The van der Waals surface area contributed by atoms with Gasteiger partial charge in [0, 0.05) is 23.5 Å². The number of anilines is 1. The Morgan fingerprint density at radius 2 is 0.983 bits per heavy atom. The van der Waals surface area contributed by atoms with Gasteiger partial charge in [-0.2, -0.15) is 0 Å². The summed E-state index contributed by atoms with van der Waals surface area (Å²) in [5.74, 6) is 0. The highest BCUT2D eigenvalue weighted by molar-refractivity contribution is 6.32. The molecule has 0 unspecified atom stereocenters. The van der Waals surface area contributed by atoms with Gasteiger partial charge < -0.3 is 5.73 Å². The minimum absolute atomic E-state index is 0.764. The lowest BCUT2D eigenvalue weighted by molar-refractivity contribution is 1.36. The number of aromatic nitrogens is 1. The molecule has 0 aliphatic heterocycles. The summed E-state index contributed by atoms with van der Waals surface area (Å²) >= 11 is 0. The van der Waals surface area contributed by atoms with Gasteiger partial charge in [-0.1, -0.05) is 133 Å². The van der Waals surface area contributed by atoms with Crippen molar-refractivity contribution in [2.24, 2.45) is 0 Å². The second kappa shape index (κ2) is 11.5. The second-order valence-electron chi connectivity index (χ2n) is 16.0. The van der Waals surface area contributed by atoms with E-state index in [1.54, 1.807) is 0 Å². The van der Waals surface area contributed by atoms with E-state index < -0.39 is 0 Å². The van der Waals surface area contributed by atoms with Crippen LogP contribution in [0.15, 0.2) is 176 Å². The molecule has 11 aromatic rings. The van der Waals surface area contributed by atoms with E-state index in [0.717, 1.165) is 11.1 Å². The molecular weight excluding hydrogens is 701 g/mol. The highest BCUT2D eigenvalue weighted by Gasteiger charge is 2.32. The van der Waals surface area contributed by atoms with Gasteiger partial charge in [-0.15, -0.1) is 0 Å². The van der Waals surface area contributed by atoms with Crippen LogP contribution in [0.4, 0.5) is 5.69 Å². The van der Waals surface area contributed by atoms with Crippen molar-refractivity contribution < 1.29 is 0 Å². The normalized spacial score (nSPS) is 12.3. The number of nitrogen functional groups attached to an aromatic ring is 1. The van der Waals surface area contributed by atoms with Gasteiger partial charge in [0.15, 0.2) is 0 Å². The van der Waals surface area contributed by atoms with Gasteiger partial charge in [-0.25, -0.2) is 0 Å². The third-order valence-corrected chi connectivity index (χ3v) is 13.1. The first kappa shape index (κ1) is 31.6. The molecule has 1 heterocycles. The fourth-order valence-corrected chi connectivity index (χ4v) is 10.7. The van der Waals surface area contributed by atoms with Crippen molar-refractivity contribution in [1.29, 1.82) is 0 Å². The average molecular weight is 735 g/mol. The summed E-state index contributed by atoms with van der Waals surface area (Å²) in [7, 11) is 0. The van der Waals surface area contributed by atoms with Crippen LogP contribution in [0.5, 0.6) is 0 Å². The zero-order chi connectivity index (χ0) is 38.2. The Hall–Kier alpha value is -7.55. The third-order valence-electron chi connectivity index (χ3n) is 13.1. The van der Waals surface area contributed by atoms with Crippen molar-refractivity contribution in [2.45, 2.75) is 6.92 Å². The SMILES string of the molecule is Cc1ccc2c3c(cc4c5ccc(N)cc5c(-c5ccc6c7c(cccc57)-c5c-6c(-c6ccccc6)c6cnccc6c5-c5ccccc5)cc24)-c2ccccc2-c13. The predicted octanol–water partition coefficient (Wildman–Crippen LogP) is 15.0. The topological polar surface area (TPSA) is 38.9 Å². The number of benzene rings is 10. The Labute approximate surface area is 335 Å². The maximum Gasteiger partial charge on any atom is 0.0353 e. The first-order valence-corrected chi connectivity index (χ1v) is 20.1. The molecule has 0 fully saturated rings. The van der Waals surface area contributed by atoms with Crippen LogP contribution in [0.3, 0.4) is 0 Å². The summed E-state index contributed by atoms with van der Waals surface area (Å²) in [5.41, 5.74) is 26.4. The van der Waals surface area contributed by atoms with Gasteiger partial charge in [-0.05, 0) is 169 Å². The number of hydrogen-bond donors (Lipinski definition) is 1. The number of aryl methyl sites for hydroxylation is 1. The summed E-state index contributed by atoms with van der Waals surface area (Å²) in [6.45, 7) is 2.25. The molecule has 2 aliphatic rings. The van der Waals surface area contributed by atoms with E-state index >= 15 is 0 Å². The van der Waals surface area contributed by atoms with Crippen molar-refractivity contribution in [3.05, 3.63) is 182 Å². The van der Waals surface area contributed by atoms with Crippen molar-refractivity contribution in [1.82, 2.24) is 4.98 Å². The molecule has 0 amide bonds. The van der Waals surface area contributed by atoms with Crippen molar-refractivity contribution in [3.63, 3.8) is 0 Å². The first-order valence-electron chi connectivity index (χ1n) is 20.1. The predicted molar refractivity (Wildman–Crippen MR) is 246 cm³/mol. The standard InChI is InChI=1S/C56H34N2/c1-31-19-21-40-47-28-45(44-27-34(57)20-22-37(44)46(47)29-48-35-15-8-9-16-38(35)50(31)54(40)48)36-23-24-43-53-39(36)17-10-18-42(53)55-51(32-11-4-2-5-12-32)41-25-26-58-30-49(41)52(56(43)55)33-13-6-3-7-14-33/h2-30H,57H2,1H3. The van der Waals surface area contributed by atoms with Gasteiger partial charge in [0.25, 0.3) is 0 Å². The Morgan fingerprint density at radius 1 is 0.345 bits per heavy atom. The van der Waals surface area contributed by atoms with E-state index in [1.165, 1.54) is 132 Å². The summed E-state index contributed by atoms with van der Waals surface area (Å²) in [6.07, 6.45) is 3.99. The molecule has 0 saturated heterocycles. The molecule has 2 aliphatic carbocycles. The molecule has 2 nitrogen and oxygen atoms in total. The summed E-state index contributed by atoms with van der Waals surface area (Å²) in [4.78, 5) is 4.71. The molecule has 0 radical (unpaired) electrons. The van der Waals surface area contributed by atoms with Crippen LogP contribution < -0.4 is 5.73 Å². The number of nitrogens with two attached hydrogens (primary N) is 1. The molecule has 10 aromatic carbocycles. The Kier molecular flexibility index (Phi) is 6.27. The number of hydrogen-bond acceptors (Lipinski definition) is 2. The largest absolute Gasteiger partial charge is 0.399 e. The highest BCUT2D eigenvalue weighted by atomic mass is 14.6. The van der Waals surface area contributed by atoms with Crippen molar-refractivity contribution in [2.75, 3.05) is 5.73 Å². The third kappa shape index (κ3) is 4.08. The van der Waals surface area contributed by atoms with Gasteiger partial charge in [0.2, 0.25) is 0 Å². The van der Waals surface area contributed by atoms with Crippen LogP contribution in [-0.2, 0) is 0 Å². The maximum atomic E-state index is 6.67. The fraction of sp³-hybridized carbons (Fsp3) is 0.0179. The molecule has 268 valence electrons. The lowest BCUT2D eigenvalue weighted by Crippen LogP contribution is -1.94. The molecule has 0 saturated carbocycles. The van der Waals surface area contributed by atoms with Gasteiger partial charge in [0.1, 0.15) is 0 Å². The molecule has 13 rings (SSSR count). The Morgan fingerprint density at radius 3 is 1.78 bits per heavy atom. The van der Waals surface area contributed by atoms with Crippen LogP contribution >= 0.6 is 0 Å². The van der Waals surface area contributed by atoms with E-state index in [-0.39, 0.29) is 0 Å². The molecule has 2 heteroatoms. The van der Waals surface area contributed by atoms with E-state index in [4.69, 9.17) is 10.7 Å². The van der Waals surface area contributed by atoms with Crippen LogP contribution in [0.2, 0.25) is 0 Å². The zero-order valence-electron chi connectivity index (χ0n) is 31.8. The Balaban J connectivity index is 1.16. The molecule has 0 atom stereocenters. The molecule has 0 bridgehead atoms.